The number of carbonyl (C=O) groups excluding carboxylic acids is 1. The first-order chi connectivity index (χ1) is 10.3. The van der Waals surface area contributed by atoms with Gasteiger partial charge >= 0.3 is 0 Å². The summed E-state index contributed by atoms with van der Waals surface area (Å²) in [6, 6.07) is 15.6. The number of nitrogens with one attached hydrogen (secondary N) is 1. The van der Waals surface area contributed by atoms with Crippen LogP contribution in [0, 0.1) is 0 Å². The SMILES string of the molecule is NC(CCC(=O)NCCc1ccccn1)c1ccccc1. The Kier molecular flexibility index (Phi) is 5.91. The van der Waals surface area contributed by atoms with E-state index < -0.39 is 0 Å². The molecule has 0 aliphatic rings. The summed E-state index contributed by atoms with van der Waals surface area (Å²) in [5.74, 6) is 0.0392. The Balaban J connectivity index is 1.66. The van der Waals surface area contributed by atoms with Crippen molar-refractivity contribution in [1.82, 2.24) is 10.3 Å². The molecule has 2 aromatic rings. The quantitative estimate of drug-likeness (QED) is 0.818. The molecular formula is C17H21N3O. The molecule has 4 nitrogen and oxygen atoms in total. The van der Waals surface area contributed by atoms with Crippen LogP contribution in [0.2, 0.25) is 0 Å². The highest BCUT2D eigenvalue weighted by Crippen LogP contribution is 2.14. The monoisotopic (exact) mass is 283 g/mol. The summed E-state index contributed by atoms with van der Waals surface area (Å²) in [6.45, 7) is 0.608. The zero-order chi connectivity index (χ0) is 14.9. The van der Waals surface area contributed by atoms with Crippen molar-refractivity contribution < 1.29 is 4.79 Å². The molecule has 3 N–H and O–H groups in total. The van der Waals surface area contributed by atoms with Crippen molar-refractivity contribution in [3.05, 3.63) is 66.0 Å². The zero-order valence-corrected chi connectivity index (χ0v) is 12.0. The van der Waals surface area contributed by atoms with Crippen LogP contribution >= 0.6 is 0 Å². The molecule has 4 heteroatoms. The van der Waals surface area contributed by atoms with E-state index in [1.54, 1.807) is 6.20 Å². The average molecular weight is 283 g/mol. The van der Waals surface area contributed by atoms with Crippen molar-refractivity contribution in [2.75, 3.05) is 6.54 Å². The molecule has 0 aliphatic heterocycles. The van der Waals surface area contributed by atoms with Crippen molar-refractivity contribution >= 4 is 5.91 Å². The topological polar surface area (TPSA) is 68.0 Å². The van der Waals surface area contributed by atoms with Gasteiger partial charge in [0.15, 0.2) is 0 Å². The van der Waals surface area contributed by atoms with E-state index in [-0.39, 0.29) is 11.9 Å². The molecule has 1 unspecified atom stereocenters. The van der Waals surface area contributed by atoms with Gasteiger partial charge in [-0.2, -0.15) is 0 Å². The fourth-order valence-corrected chi connectivity index (χ4v) is 2.12. The van der Waals surface area contributed by atoms with Crippen LogP contribution in [0.5, 0.6) is 0 Å². The summed E-state index contributed by atoms with van der Waals surface area (Å²) in [6.07, 6.45) is 3.60. The molecule has 1 atom stereocenters. The maximum absolute atomic E-state index is 11.8. The molecule has 0 bridgehead atoms. The molecular weight excluding hydrogens is 262 g/mol. The maximum atomic E-state index is 11.8. The van der Waals surface area contributed by atoms with Crippen LogP contribution in [0.15, 0.2) is 54.7 Å². The van der Waals surface area contributed by atoms with Crippen molar-refractivity contribution in [3.8, 4) is 0 Å². The van der Waals surface area contributed by atoms with Crippen LogP contribution < -0.4 is 11.1 Å². The molecule has 0 saturated heterocycles. The van der Waals surface area contributed by atoms with E-state index in [9.17, 15) is 4.79 Å². The normalized spacial score (nSPS) is 11.9. The van der Waals surface area contributed by atoms with E-state index in [1.807, 2.05) is 48.5 Å². The standard InChI is InChI=1S/C17H21N3O/c18-16(14-6-2-1-3-7-14)9-10-17(21)20-13-11-15-8-4-5-12-19-15/h1-8,12,16H,9-11,13,18H2,(H,20,21). The van der Waals surface area contributed by atoms with Crippen LogP contribution in [0.25, 0.3) is 0 Å². The summed E-state index contributed by atoms with van der Waals surface area (Å²) < 4.78 is 0. The van der Waals surface area contributed by atoms with Gasteiger partial charge in [0, 0.05) is 37.3 Å². The third-order valence-electron chi connectivity index (χ3n) is 3.34. The lowest BCUT2D eigenvalue weighted by molar-refractivity contribution is -0.121. The van der Waals surface area contributed by atoms with Gasteiger partial charge in [0.2, 0.25) is 5.91 Å². The van der Waals surface area contributed by atoms with Crippen LogP contribution in [-0.4, -0.2) is 17.4 Å². The summed E-state index contributed by atoms with van der Waals surface area (Å²) >= 11 is 0. The van der Waals surface area contributed by atoms with E-state index in [4.69, 9.17) is 5.73 Å². The molecule has 0 radical (unpaired) electrons. The second-order valence-electron chi connectivity index (χ2n) is 4.98. The van der Waals surface area contributed by atoms with Gasteiger partial charge in [-0.3, -0.25) is 9.78 Å². The summed E-state index contributed by atoms with van der Waals surface area (Å²) in [5.41, 5.74) is 8.13. The van der Waals surface area contributed by atoms with Crippen molar-refractivity contribution in [2.45, 2.75) is 25.3 Å². The number of hydrogen-bond donors (Lipinski definition) is 2. The number of nitrogens with zero attached hydrogens (tertiary/aromatic N) is 1. The molecule has 1 aromatic heterocycles. The molecule has 110 valence electrons. The minimum Gasteiger partial charge on any atom is -0.356 e. The number of amides is 1. The fraction of sp³-hybridized carbons (Fsp3) is 0.294. The van der Waals surface area contributed by atoms with Gasteiger partial charge < -0.3 is 11.1 Å². The van der Waals surface area contributed by atoms with Gasteiger partial charge in [-0.1, -0.05) is 36.4 Å². The van der Waals surface area contributed by atoms with Crippen LogP contribution in [0.4, 0.5) is 0 Å². The lowest BCUT2D eigenvalue weighted by Gasteiger charge is -2.11. The van der Waals surface area contributed by atoms with Gasteiger partial charge in [-0.25, -0.2) is 0 Å². The highest BCUT2D eigenvalue weighted by Gasteiger charge is 2.08. The molecule has 1 aromatic carbocycles. The van der Waals surface area contributed by atoms with Gasteiger partial charge in [0.1, 0.15) is 0 Å². The smallest absolute Gasteiger partial charge is 0.220 e. The second kappa shape index (κ2) is 8.17. The van der Waals surface area contributed by atoms with Crippen molar-refractivity contribution in [2.24, 2.45) is 5.73 Å². The van der Waals surface area contributed by atoms with Gasteiger partial charge in [-0.05, 0) is 24.1 Å². The number of aromatic nitrogens is 1. The molecule has 1 amide bonds. The number of pyridine rings is 1. The Morgan fingerprint density at radius 1 is 1.14 bits per heavy atom. The third-order valence-corrected chi connectivity index (χ3v) is 3.34. The number of benzene rings is 1. The Morgan fingerprint density at radius 3 is 2.62 bits per heavy atom. The highest BCUT2D eigenvalue weighted by molar-refractivity contribution is 5.75. The first-order valence-electron chi connectivity index (χ1n) is 7.23. The first-order valence-corrected chi connectivity index (χ1v) is 7.23. The largest absolute Gasteiger partial charge is 0.356 e. The van der Waals surface area contributed by atoms with E-state index in [0.717, 1.165) is 17.7 Å². The third kappa shape index (κ3) is 5.36. The predicted octanol–water partition coefficient (Wildman–Crippen LogP) is 2.22. The second-order valence-corrected chi connectivity index (χ2v) is 4.98. The summed E-state index contributed by atoms with van der Waals surface area (Å²) in [7, 11) is 0. The van der Waals surface area contributed by atoms with E-state index in [1.165, 1.54) is 0 Å². The van der Waals surface area contributed by atoms with Crippen molar-refractivity contribution in [3.63, 3.8) is 0 Å². The minimum absolute atomic E-state index is 0.0392. The number of hydrogen-bond acceptors (Lipinski definition) is 3. The van der Waals surface area contributed by atoms with Gasteiger partial charge in [-0.15, -0.1) is 0 Å². The van der Waals surface area contributed by atoms with E-state index >= 15 is 0 Å². The van der Waals surface area contributed by atoms with E-state index in [2.05, 4.69) is 10.3 Å². The van der Waals surface area contributed by atoms with Crippen LogP contribution in [-0.2, 0) is 11.2 Å². The number of carbonyl (C=O) groups is 1. The lowest BCUT2D eigenvalue weighted by atomic mass is 10.0. The first kappa shape index (κ1) is 15.2. The zero-order valence-electron chi connectivity index (χ0n) is 12.0. The molecule has 1 heterocycles. The molecule has 21 heavy (non-hydrogen) atoms. The summed E-state index contributed by atoms with van der Waals surface area (Å²) in [4.78, 5) is 16.0. The van der Waals surface area contributed by atoms with Crippen LogP contribution in [0.3, 0.4) is 0 Å². The predicted molar refractivity (Wildman–Crippen MR) is 83.6 cm³/mol. The Bertz CT molecular complexity index is 542. The minimum atomic E-state index is -0.0901. The molecule has 0 fully saturated rings. The van der Waals surface area contributed by atoms with Gasteiger partial charge in [0.05, 0.1) is 0 Å². The fourth-order valence-electron chi connectivity index (χ4n) is 2.12. The summed E-state index contributed by atoms with van der Waals surface area (Å²) in [5, 5.41) is 2.90. The molecule has 0 saturated carbocycles. The number of rotatable bonds is 7. The number of nitrogens with two attached hydrogens (primary N) is 1. The van der Waals surface area contributed by atoms with E-state index in [0.29, 0.717) is 19.4 Å². The molecule has 2 rings (SSSR count). The Morgan fingerprint density at radius 2 is 1.90 bits per heavy atom. The van der Waals surface area contributed by atoms with Crippen LogP contribution in [0.1, 0.15) is 30.1 Å². The lowest BCUT2D eigenvalue weighted by Crippen LogP contribution is -2.26. The highest BCUT2D eigenvalue weighted by atomic mass is 16.1. The molecule has 0 spiro atoms. The maximum Gasteiger partial charge on any atom is 0.220 e. The van der Waals surface area contributed by atoms with Crippen molar-refractivity contribution in [1.29, 1.82) is 0 Å². The van der Waals surface area contributed by atoms with Gasteiger partial charge in [0.25, 0.3) is 0 Å². The Labute approximate surface area is 125 Å². The average Bonchev–Trinajstić information content (AvgIpc) is 2.54. The Hall–Kier alpha value is -2.20. The molecule has 0 aliphatic carbocycles.